The maximum atomic E-state index is 13.8. The van der Waals surface area contributed by atoms with Gasteiger partial charge in [0, 0.05) is 66.1 Å². The highest BCUT2D eigenvalue weighted by atomic mass is 35.6. The molecule has 0 aliphatic heterocycles. The van der Waals surface area contributed by atoms with Crippen molar-refractivity contribution in [2.45, 2.75) is 159 Å². The number of hydrogen-bond donors (Lipinski definition) is 9. The number of methoxy groups -OCH3 is 2. The van der Waals surface area contributed by atoms with E-state index in [1.54, 1.807) is 55.4 Å². The van der Waals surface area contributed by atoms with Gasteiger partial charge in [-0.05, 0) is 116 Å². The molecule has 4 aromatic carbocycles. The van der Waals surface area contributed by atoms with Gasteiger partial charge in [-0.1, -0.05) is 209 Å². The number of ether oxygens (including phenoxy) is 5. The Morgan fingerprint density at radius 3 is 1.31 bits per heavy atom. The number of amides is 4. The zero-order valence-corrected chi connectivity index (χ0v) is 68.1. The molecule has 8 atom stereocenters. The lowest BCUT2D eigenvalue weighted by Crippen LogP contribution is -2.49. The zero-order chi connectivity index (χ0) is 85.4. The molecular formula is C79H99B3Cl5F3N6O17. The molecule has 4 aromatic rings. The molecule has 612 valence electrons. The topological polar surface area (TPSA) is 347 Å². The van der Waals surface area contributed by atoms with E-state index >= 15 is 0 Å². The Kier molecular flexibility index (Phi) is 45.1. The van der Waals surface area contributed by atoms with Crippen molar-refractivity contribution in [1.29, 1.82) is 0 Å². The Bertz CT molecular complexity index is 3850. The predicted molar refractivity (Wildman–Crippen MR) is 435 cm³/mol. The lowest BCUT2D eigenvalue weighted by Gasteiger charge is -2.27. The fourth-order valence-electron chi connectivity index (χ4n) is 10.6. The number of carbonyl (C=O) groups is 9. The Morgan fingerprint density at radius 2 is 0.982 bits per heavy atom. The molecular weight excluding hydrogens is 1570 g/mol. The summed E-state index contributed by atoms with van der Waals surface area (Å²) in [5.74, 6) is -7.24. The van der Waals surface area contributed by atoms with Gasteiger partial charge < -0.3 is 71.2 Å². The Labute approximate surface area is 687 Å². The first-order valence-electron chi connectivity index (χ1n) is 35.9. The molecule has 10 N–H and O–H groups in total. The third-order valence-electron chi connectivity index (χ3n) is 17.3. The van der Waals surface area contributed by atoms with Crippen LogP contribution in [-0.4, -0.2) is 171 Å². The third-order valence-corrected chi connectivity index (χ3v) is 18.2. The molecule has 0 spiro atoms. The van der Waals surface area contributed by atoms with E-state index in [9.17, 15) is 61.7 Å². The summed E-state index contributed by atoms with van der Waals surface area (Å²) in [5.41, 5.74) is 7.66. The summed E-state index contributed by atoms with van der Waals surface area (Å²) in [6.07, 6.45) is 18.4. The molecule has 0 heterocycles. The Morgan fingerprint density at radius 1 is 0.602 bits per heavy atom. The Balaban J connectivity index is 0.000000684. The van der Waals surface area contributed by atoms with Crippen molar-refractivity contribution in [3.63, 3.8) is 0 Å². The highest BCUT2D eigenvalue weighted by Gasteiger charge is 2.51. The summed E-state index contributed by atoms with van der Waals surface area (Å²) in [6, 6.07) is 25.0. The van der Waals surface area contributed by atoms with E-state index in [0.717, 1.165) is 11.1 Å². The smallest absolute Gasteiger partial charge is 0.490 e. The fourth-order valence-corrected chi connectivity index (χ4v) is 11.3. The molecule has 4 radical (unpaired) electrons. The number of hydrogen-bond acceptors (Lipinski definition) is 17. The van der Waals surface area contributed by atoms with Crippen LogP contribution in [0.25, 0.3) is 12.2 Å². The maximum absolute atomic E-state index is 13.8. The SMILES string of the molecule is C#C.COc1ccc(C[C@@H](NC(=O)/C=C/C[C@H](OC(=O)[C@H](CC(C)C)NC(=O)C2(CN)CC2)[C@H](C)/C=C/c2ccccc2)C(=O)O)cc1Cl.COc1ccc(C[C@@H](NC(=O)/C=C/C[C@H](OC(=O)[C@H](CC(C)C)NC(=O)C2(CNB(C)O)CC2)[C@H](C)/C=C/c2ccccc2)C(=O)OCC(Cl)(Cl)Cl)cc1Cl.O=C(O)C(F)(F)F.[B][B]. The molecule has 0 bridgehead atoms. The summed E-state index contributed by atoms with van der Waals surface area (Å²) < 4.78 is 57.5. The Hall–Kier alpha value is -8.46. The number of nitrogens with one attached hydrogen (secondary N) is 5. The van der Waals surface area contributed by atoms with E-state index in [0.29, 0.717) is 71.2 Å². The standard InChI is InChI=1S/C39H50BCl4N3O8.C36H46ClN3O7.C2HF3O2.C2H2.B2/c1-25(2)20-30(47-37(51)38(18-19-38)23-45-40(4)52)36(50)55-32(26(3)14-15-27-10-7-6-8-11-27)12-9-13-34(48)46-31(35(49)54-24-39(42,43)44)22-28-16-17-33(53-5)29(41)21-28;1-23(2)19-29(40-35(45)36(22-38)17-18-36)34(44)47-30(24(3)13-14-25-9-6-5-7-10-25)11-8-12-32(41)39-28(33(42)43)21-26-15-16-31(46-4)27(37)20-26;3-2(4,5)1(6)7;2*1-2/h6-11,13-17,21,25-26,30-32,45,52H,12,18-20,22-24H2,1-5H3,(H,46,48)(H,47,51);5-10,12-16,20,23-24,28-30H,11,17-19,21-22,38H2,1-4H3,(H,39,41)(H,40,45)(H,42,43);(H,6,7);1-2H;/b13-9+,15-14+;12-8+,14-13+;;;/t26-,30+,31-,32+;24-,28-,29+,30+;;;/m11.../s1. The minimum atomic E-state index is -5.08. The van der Waals surface area contributed by atoms with Crippen LogP contribution in [0, 0.1) is 47.3 Å². The second kappa shape index (κ2) is 50.7. The van der Waals surface area contributed by atoms with Crippen molar-refractivity contribution in [3.8, 4) is 24.3 Å². The summed E-state index contributed by atoms with van der Waals surface area (Å²) in [5, 5.41) is 41.1. The molecule has 4 amide bonds. The molecule has 2 fully saturated rings. The molecule has 2 aliphatic carbocycles. The number of carbonyl (C=O) groups excluding carboxylic acids is 7. The monoisotopic (exact) mass is 1670 g/mol. The van der Waals surface area contributed by atoms with E-state index < -0.39 is 112 Å². The minimum absolute atomic E-state index is 0.00285. The van der Waals surface area contributed by atoms with Crippen molar-refractivity contribution in [2.24, 2.45) is 40.2 Å². The summed E-state index contributed by atoms with van der Waals surface area (Å²) in [7, 11) is 10.2. The first-order chi connectivity index (χ1) is 53.2. The van der Waals surface area contributed by atoms with Gasteiger partial charge in [0.15, 0.2) is 0 Å². The van der Waals surface area contributed by atoms with E-state index in [2.05, 4.69) is 54.8 Å². The second-order valence-corrected chi connectivity index (χ2v) is 30.8. The van der Waals surface area contributed by atoms with Gasteiger partial charge in [-0.3, -0.25) is 19.2 Å². The normalized spacial score (nSPS) is 15.3. The maximum Gasteiger partial charge on any atom is 0.490 e. The summed E-state index contributed by atoms with van der Waals surface area (Å²) in [4.78, 5) is 114. The van der Waals surface area contributed by atoms with Gasteiger partial charge in [0.2, 0.25) is 27.4 Å². The number of carboxylic acid groups (broad SMARTS) is 2. The van der Waals surface area contributed by atoms with Crippen LogP contribution in [0.1, 0.15) is 115 Å². The molecule has 2 aliphatic rings. The molecule has 0 unspecified atom stereocenters. The van der Waals surface area contributed by atoms with Crippen molar-refractivity contribution in [3.05, 3.63) is 166 Å². The van der Waals surface area contributed by atoms with Gasteiger partial charge in [0.25, 0.3) is 0 Å². The van der Waals surface area contributed by atoms with Crippen molar-refractivity contribution < 1.29 is 95.2 Å². The van der Waals surface area contributed by atoms with Crippen LogP contribution in [0.3, 0.4) is 0 Å². The molecule has 113 heavy (non-hydrogen) atoms. The highest BCUT2D eigenvalue weighted by molar-refractivity contribution is 6.75. The van der Waals surface area contributed by atoms with Crippen molar-refractivity contribution >= 4 is 146 Å². The quantitative estimate of drug-likeness (QED) is 0.00500. The van der Waals surface area contributed by atoms with Gasteiger partial charge >= 0.3 is 43.1 Å². The van der Waals surface area contributed by atoms with Gasteiger partial charge in [0.1, 0.15) is 54.5 Å². The van der Waals surface area contributed by atoms with Gasteiger partial charge in [-0.25, -0.2) is 24.0 Å². The average molecular weight is 1670 g/mol. The largest absolute Gasteiger partial charge is 0.495 e. The number of rotatable bonds is 39. The molecule has 34 heteroatoms. The first kappa shape index (κ1) is 101. The predicted octanol–water partition coefficient (Wildman–Crippen LogP) is 11.6. The summed E-state index contributed by atoms with van der Waals surface area (Å²) >= 11 is 29.8. The van der Waals surface area contributed by atoms with Crippen LogP contribution in [0.5, 0.6) is 11.5 Å². The van der Waals surface area contributed by atoms with Crippen molar-refractivity contribution in [2.75, 3.05) is 33.9 Å². The highest BCUT2D eigenvalue weighted by Crippen LogP contribution is 2.46. The molecule has 2 saturated carbocycles. The summed E-state index contributed by atoms with van der Waals surface area (Å²) in [6.45, 7) is 13.1. The van der Waals surface area contributed by atoms with Crippen molar-refractivity contribution in [1.82, 2.24) is 26.5 Å². The first-order valence-corrected chi connectivity index (χ1v) is 37.7. The fraction of sp³-hybridized carbons (Fsp3) is 0.456. The number of terminal acetylenes is 1. The second-order valence-electron chi connectivity index (χ2n) is 27.4. The van der Waals surface area contributed by atoms with E-state index in [1.165, 1.54) is 26.4 Å². The van der Waals surface area contributed by atoms with Crippen LogP contribution in [-0.2, 0) is 70.2 Å². The molecule has 0 aromatic heterocycles. The number of nitrogens with two attached hydrogens (primary N) is 1. The molecule has 23 nitrogen and oxygen atoms in total. The number of carboxylic acids is 2. The minimum Gasteiger partial charge on any atom is -0.495 e. The van der Waals surface area contributed by atoms with Gasteiger partial charge in [0.05, 0.1) is 35.1 Å². The van der Waals surface area contributed by atoms with E-state index in [1.807, 2.05) is 127 Å². The van der Waals surface area contributed by atoms with E-state index in [-0.39, 0.29) is 74.3 Å². The molecule has 6 rings (SSSR count). The van der Waals surface area contributed by atoms with Gasteiger partial charge in [-0.15, -0.1) is 12.8 Å². The van der Waals surface area contributed by atoms with Crippen LogP contribution in [0.15, 0.2) is 134 Å². The van der Waals surface area contributed by atoms with Gasteiger partial charge in [-0.2, -0.15) is 13.2 Å². The number of esters is 3. The van der Waals surface area contributed by atoms with Crippen LogP contribution < -0.4 is 41.7 Å². The number of halogens is 8. The number of alkyl halides is 6. The zero-order valence-electron chi connectivity index (χ0n) is 64.4. The van der Waals surface area contributed by atoms with Crippen LogP contribution in [0.4, 0.5) is 13.2 Å². The lowest BCUT2D eigenvalue weighted by molar-refractivity contribution is -0.192. The molecule has 0 saturated heterocycles. The average Bonchev–Trinajstić information content (AvgIpc) is 1.64. The lowest BCUT2D eigenvalue weighted by atomic mass is 9.81. The van der Waals surface area contributed by atoms with Crippen LogP contribution in [0.2, 0.25) is 16.9 Å². The number of aliphatic carboxylic acids is 2. The third kappa shape index (κ3) is 38.5. The number of benzene rings is 4. The van der Waals surface area contributed by atoms with Crippen LogP contribution >= 0.6 is 58.0 Å². The van der Waals surface area contributed by atoms with E-state index in [4.69, 9.17) is 97.3 Å².